The van der Waals surface area contributed by atoms with Gasteiger partial charge in [0.15, 0.2) is 6.10 Å². The molecule has 0 heterocycles. The average Bonchev–Trinajstić information content (AvgIpc) is 2.64. The number of hydrogen-bond acceptors (Lipinski definition) is 3. The molecule has 0 spiro atoms. The van der Waals surface area contributed by atoms with E-state index >= 15 is 0 Å². The SMILES string of the molecule is C[C@H](Oc1cccc(C(F)(F)F)c1)C(=O)NNC(=O)NC12CC3CC(CC(C3)C1)C2. The monoisotopic (exact) mass is 425 g/mol. The lowest BCUT2D eigenvalue weighted by molar-refractivity contribution is -0.137. The van der Waals surface area contributed by atoms with Crippen LogP contribution in [-0.4, -0.2) is 23.6 Å². The van der Waals surface area contributed by atoms with Gasteiger partial charge in [-0.15, -0.1) is 0 Å². The van der Waals surface area contributed by atoms with Crippen LogP contribution in [0.1, 0.15) is 51.0 Å². The molecule has 4 bridgehead atoms. The van der Waals surface area contributed by atoms with Gasteiger partial charge in [0.1, 0.15) is 5.75 Å². The molecule has 4 aliphatic carbocycles. The number of benzene rings is 1. The Balaban J connectivity index is 1.27. The molecule has 6 nitrogen and oxygen atoms in total. The second-order valence-electron chi connectivity index (χ2n) is 9.05. The summed E-state index contributed by atoms with van der Waals surface area (Å²) in [4.78, 5) is 24.6. The number of ether oxygens (including phenoxy) is 1. The maximum atomic E-state index is 12.8. The minimum Gasteiger partial charge on any atom is -0.481 e. The number of hydrogen-bond donors (Lipinski definition) is 3. The fourth-order valence-corrected chi connectivity index (χ4v) is 5.76. The van der Waals surface area contributed by atoms with Crippen LogP contribution < -0.4 is 20.9 Å². The van der Waals surface area contributed by atoms with Crippen molar-refractivity contribution >= 4 is 11.9 Å². The molecule has 30 heavy (non-hydrogen) atoms. The third kappa shape index (κ3) is 4.49. The van der Waals surface area contributed by atoms with Gasteiger partial charge < -0.3 is 10.1 Å². The molecule has 0 saturated heterocycles. The zero-order valence-electron chi connectivity index (χ0n) is 16.7. The normalized spacial score (nSPS) is 30.5. The van der Waals surface area contributed by atoms with E-state index in [0.717, 1.165) is 31.4 Å². The summed E-state index contributed by atoms with van der Waals surface area (Å²) in [5.41, 5.74) is 3.58. The second-order valence-corrected chi connectivity index (χ2v) is 9.05. The molecule has 0 aromatic heterocycles. The minimum atomic E-state index is -4.50. The molecule has 0 radical (unpaired) electrons. The first-order chi connectivity index (χ1) is 14.1. The van der Waals surface area contributed by atoms with E-state index in [1.807, 2.05) is 0 Å². The molecule has 9 heteroatoms. The highest BCUT2D eigenvalue weighted by molar-refractivity contribution is 5.84. The van der Waals surface area contributed by atoms with E-state index in [2.05, 4.69) is 16.2 Å². The number of halogens is 3. The number of nitrogens with one attached hydrogen (secondary N) is 3. The van der Waals surface area contributed by atoms with Gasteiger partial charge >= 0.3 is 12.2 Å². The summed E-state index contributed by atoms with van der Waals surface area (Å²) in [5, 5.41) is 3.06. The molecule has 4 aliphatic rings. The van der Waals surface area contributed by atoms with E-state index in [1.165, 1.54) is 38.3 Å². The van der Waals surface area contributed by atoms with E-state index < -0.39 is 29.8 Å². The van der Waals surface area contributed by atoms with Gasteiger partial charge in [0, 0.05) is 5.54 Å². The third-order valence-corrected chi connectivity index (χ3v) is 6.56. The Labute approximate surface area is 172 Å². The van der Waals surface area contributed by atoms with Crippen LogP contribution in [0.3, 0.4) is 0 Å². The van der Waals surface area contributed by atoms with Crippen molar-refractivity contribution < 1.29 is 27.5 Å². The first kappa shape index (κ1) is 20.8. The number of carbonyl (C=O) groups excluding carboxylic acids is 2. The highest BCUT2D eigenvalue weighted by Gasteiger charge is 2.51. The maximum absolute atomic E-state index is 12.8. The quantitative estimate of drug-likeness (QED) is 0.643. The Morgan fingerprint density at radius 1 is 1.07 bits per heavy atom. The fraction of sp³-hybridized carbons (Fsp3) is 0.619. The molecule has 0 aliphatic heterocycles. The average molecular weight is 425 g/mol. The molecule has 3 N–H and O–H groups in total. The molecular formula is C21H26F3N3O3. The van der Waals surface area contributed by atoms with Gasteiger partial charge in [0.2, 0.25) is 0 Å². The zero-order valence-corrected chi connectivity index (χ0v) is 16.7. The zero-order chi connectivity index (χ0) is 21.5. The van der Waals surface area contributed by atoms with E-state index in [9.17, 15) is 22.8 Å². The van der Waals surface area contributed by atoms with Crippen LogP contribution in [0.25, 0.3) is 0 Å². The highest BCUT2D eigenvalue weighted by Crippen LogP contribution is 2.55. The Kier molecular flexibility index (Phi) is 5.32. The Morgan fingerprint density at radius 2 is 1.67 bits per heavy atom. The lowest BCUT2D eigenvalue weighted by atomic mass is 9.53. The molecular weight excluding hydrogens is 399 g/mol. The van der Waals surface area contributed by atoms with Crippen molar-refractivity contribution in [3.8, 4) is 5.75 Å². The number of hydrazine groups is 1. The Hall–Kier alpha value is -2.45. The van der Waals surface area contributed by atoms with Crippen LogP contribution in [0.4, 0.5) is 18.0 Å². The molecule has 3 amide bonds. The largest absolute Gasteiger partial charge is 0.481 e. The Bertz CT molecular complexity index is 792. The summed E-state index contributed by atoms with van der Waals surface area (Å²) >= 11 is 0. The maximum Gasteiger partial charge on any atom is 0.416 e. The van der Waals surface area contributed by atoms with Gasteiger partial charge in [0.05, 0.1) is 5.56 Å². The molecule has 1 atom stereocenters. The van der Waals surface area contributed by atoms with Crippen LogP contribution in [0.5, 0.6) is 5.75 Å². The topological polar surface area (TPSA) is 79.5 Å². The van der Waals surface area contributed by atoms with Crippen LogP contribution in [0, 0.1) is 17.8 Å². The van der Waals surface area contributed by atoms with Gasteiger partial charge in [-0.25, -0.2) is 10.2 Å². The summed E-state index contributed by atoms with van der Waals surface area (Å²) < 4.78 is 43.7. The predicted octanol–water partition coefficient (Wildman–Crippen LogP) is 3.77. The fourth-order valence-electron chi connectivity index (χ4n) is 5.76. The molecule has 4 saturated carbocycles. The summed E-state index contributed by atoms with van der Waals surface area (Å²) in [6.45, 7) is 1.40. The minimum absolute atomic E-state index is 0.0782. The standard InChI is InChI=1S/C21H26F3N3O3/c1-12(30-17-4-2-3-16(8-17)21(22,23)24)18(28)26-27-19(29)25-20-9-13-5-14(10-20)7-15(6-13)11-20/h2-4,8,12-15H,5-7,9-11H2,1H3,(H,26,28)(H2,25,27,29)/t12-,13?,14?,15?,20?/m0/s1. The van der Waals surface area contributed by atoms with E-state index in [0.29, 0.717) is 17.8 Å². The molecule has 1 aromatic rings. The summed E-state index contributed by atoms with van der Waals surface area (Å²) in [6, 6.07) is 3.83. The van der Waals surface area contributed by atoms with Gasteiger partial charge in [-0.3, -0.25) is 10.2 Å². The van der Waals surface area contributed by atoms with Crippen LogP contribution in [0.15, 0.2) is 24.3 Å². The van der Waals surface area contributed by atoms with E-state index in [-0.39, 0.29) is 11.3 Å². The van der Waals surface area contributed by atoms with Crippen molar-refractivity contribution in [3.63, 3.8) is 0 Å². The number of rotatable bonds is 4. The lowest BCUT2D eigenvalue weighted by Crippen LogP contribution is -2.63. The number of amides is 3. The number of urea groups is 1. The van der Waals surface area contributed by atoms with Crippen LogP contribution in [-0.2, 0) is 11.0 Å². The molecule has 1 aromatic carbocycles. The third-order valence-electron chi connectivity index (χ3n) is 6.56. The van der Waals surface area contributed by atoms with E-state index in [4.69, 9.17) is 4.74 Å². The first-order valence-electron chi connectivity index (χ1n) is 10.3. The van der Waals surface area contributed by atoms with Crippen molar-refractivity contribution in [1.82, 2.24) is 16.2 Å². The summed E-state index contributed by atoms with van der Waals surface area (Å²) in [7, 11) is 0. The van der Waals surface area contributed by atoms with Crippen molar-refractivity contribution in [2.24, 2.45) is 17.8 Å². The first-order valence-corrected chi connectivity index (χ1v) is 10.3. The van der Waals surface area contributed by atoms with Crippen molar-refractivity contribution in [2.45, 2.75) is 63.3 Å². The van der Waals surface area contributed by atoms with Crippen molar-refractivity contribution in [2.75, 3.05) is 0 Å². The summed E-state index contributed by atoms with van der Waals surface area (Å²) in [6.07, 6.45) is 1.12. The smallest absolute Gasteiger partial charge is 0.416 e. The second kappa shape index (κ2) is 7.67. The number of alkyl halides is 3. The molecule has 0 unspecified atom stereocenters. The van der Waals surface area contributed by atoms with Gasteiger partial charge in [-0.1, -0.05) is 6.07 Å². The lowest BCUT2D eigenvalue weighted by Gasteiger charge is -2.56. The van der Waals surface area contributed by atoms with Crippen LogP contribution >= 0.6 is 0 Å². The van der Waals surface area contributed by atoms with Gasteiger partial charge in [0.25, 0.3) is 5.91 Å². The molecule has 4 fully saturated rings. The van der Waals surface area contributed by atoms with Crippen LogP contribution in [0.2, 0.25) is 0 Å². The van der Waals surface area contributed by atoms with Gasteiger partial charge in [-0.05, 0) is 81.4 Å². The van der Waals surface area contributed by atoms with Gasteiger partial charge in [-0.2, -0.15) is 13.2 Å². The molecule has 5 rings (SSSR count). The van der Waals surface area contributed by atoms with Crippen molar-refractivity contribution in [3.05, 3.63) is 29.8 Å². The van der Waals surface area contributed by atoms with Crippen molar-refractivity contribution in [1.29, 1.82) is 0 Å². The Morgan fingerprint density at radius 3 is 2.23 bits per heavy atom. The van der Waals surface area contributed by atoms with E-state index in [1.54, 1.807) is 0 Å². The number of carbonyl (C=O) groups is 2. The summed E-state index contributed by atoms with van der Waals surface area (Å²) in [5.74, 6) is 1.28. The predicted molar refractivity (Wildman–Crippen MR) is 102 cm³/mol. The molecule has 164 valence electrons. The highest BCUT2D eigenvalue weighted by atomic mass is 19.4.